The summed E-state index contributed by atoms with van der Waals surface area (Å²) in [7, 11) is 0. The molecule has 2 heterocycles. The van der Waals surface area contributed by atoms with Crippen molar-refractivity contribution in [2.24, 2.45) is 0 Å². The predicted octanol–water partition coefficient (Wildman–Crippen LogP) is 5.50. The van der Waals surface area contributed by atoms with Crippen LogP contribution >= 0.6 is 0 Å². The van der Waals surface area contributed by atoms with E-state index in [9.17, 15) is 24.3 Å². The fraction of sp³-hybridized carbons (Fsp3) is 0.179. The minimum Gasteiger partial charge on any atom is -0.478 e. The molecule has 2 N–H and O–H groups in total. The summed E-state index contributed by atoms with van der Waals surface area (Å²) in [6.45, 7) is 4.38. The fourth-order valence-corrected chi connectivity index (χ4v) is 4.71. The number of hydrogen-bond donors (Lipinski definition) is 2. The lowest BCUT2D eigenvalue weighted by atomic mass is 10.0. The molecule has 1 aliphatic rings. The predicted molar refractivity (Wildman–Crippen MR) is 134 cm³/mol. The first-order chi connectivity index (χ1) is 17.3. The first-order valence-electron chi connectivity index (χ1n) is 11.4. The van der Waals surface area contributed by atoms with Gasteiger partial charge in [0.25, 0.3) is 0 Å². The molecule has 0 amide bonds. The molecule has 0 spiro atoms. The lowest BCUT2D eigenvalue weighted by Crippen LogP contribution is -2.20. The van der Waals surface area contributed by atoms with Gasteiger partial charge in [-0.3, -0.25) is 4.79 Å². The molecular formula is C28H22FN3O4. The summed E-state index contributed by atoms with van der Waals surface area (Å²) < 4.78 is 20.9. The van der Waals surface area contributed by atoms with Crippen LogP contribution in [0.25, 0.3) is 11.0 Å². The Morgan fingerprint density at radius 3 is 2.67 bits per heavy atom. The number of hydrogen-bond acceptors (Lipinski definition) is 6. The average molecular weight is 483 g/mol. The molecular weight excluding hydrogens is 461 g/mol. The monoisotopic (exact) mass is 483 g/mol. The van der Waals surface area contributed by atoms with Gasteiger partial charge < -0.3 is 19.7 Å². The third kappa shape index (κ3) is 3.95. The molecule has 4 aromatic rings. The summed E-state index contributed by atoms with van der Waals surface area (Å²) in [6.07, 6.45) is 0. The zero-order valence-corrected chi connectivity index (χ0v) is 19.6. The van der Waals surface area contributed by atoms with Crippen molar-refractivity contribution in [2.45, 2.75) is 33.0 Å². The number of anilines is 2. The molecule has 5 rings (SSSR count). The van der Waals surface area contributed by atoms with Gasteiger partial charge in [0.2, 0.25) is 5.88 Å². The van der Waals surface area contributed by atoms with Gasteiger partial charge in [0.05, 0.1) is 34.2 Å². The van der Waals surface area contributed by atoms with Gasteiger partial charge in [-0.05, 0) is 61.4 Å². The maximum Gasteiger partial charge on any atom is 0.337 e. The highest BCUT2D eigenvalue weighted by Gasteiger charge is 2.26. The van der Waals surface area contributed by atoms with E-state index < -0.39 is 17.8 Å². The van der Waals surface area contributed by atoms with E-state index in [1.165, 1.54) is 12.1 Å². The van der Waals surface area contributed by atoms with E-state index >= 15 is 0 Å². The van der Waals surface area contributed by atoms with E-state index in [1.807, 2.05) is 17.0 Å². The van der Waals surface area contributed by atoms with E-state index in [1.54, 1.807) is 38.1 Å². The molecule has 3 aromatic carbocycles. The molecule has 1 atom stereocenters. The number of nitrogens with zero attached hydrogens (tertiary/aromatic N) is 2. The number of carboxylic acid groups (broad SMARTS) is 1. The number of rotatable bonds is 5. The van der Waals surface area contributed by atoms with Crippen molar-refractivity contribution in [3.63, 3.8) is 0 Å². The Kier molecular flexibility index (Phi) is 5.69. The molecule has 0 aliphatic carbocycles. The number of nitriles is 1. The highest BCUT2D eigenvalue weighted by atomic mass is 19.1. The molecule has 0 saturated heterocycles. The molecule has 7 nitrogen and oxygen atoms in total. The first kappa shape index (κ1) is 23.1. The summed E-state index contributed by atoms with van der Waals surface area (Å²) in [5, 5.41) is 22.0. The van der Waals surface area contributed by atoms with Crippen LogP contribution in [0.15, 0.2) is 63.8 Å². The van der Waals surface area contributed by atoms with Crippen LogP contribution in [0.2, 0.25) is 0 Å². The van der Waals surface area contributed by atoms with Crippen molar-refractivity contribution in [3.05, 3.63) is 104 Å². The third-order valence-electron chi connectivity index (χ3n) is 6.53. The van der Waals surface area contributed by atoms with Crippen molar-refractivity contribution in [2.75, 3.05) is 10.2 Å². The molecule has 0 bridgehead atoms. The Labute approximate surface area is 206 Å². The lowest BCUT2D eigenvalue weighted by molar-refractivity contribution is 0.0698. The Morgan fingerprint density at radius 1 is 1.17 bits per heavy atom. The highest BCUT2D eigenvalue weighted by Crippen LogP contribution is 2.35. The minimum atomic E-state index is -1.09. The van der Waals surface area contributed by atoms with E-state index in [4.69, 9.17) is 4.42 Å². The van der Waals surface area contributed by atoms with Crippen molar-refractivity contribution in [1.29, 1.82) is 5.26 Å². The van der Waals surface area contributed by atoms with Crippen LogP contribution in [0.3, 0.4) is 0 Å². The Balaban J connectivity index is 1.59. The summed E-state index contributed by atoms with van der Waals surface area (Å²) in [6, 6.07) is 15.9. The number of carboxylic acids is 1. The van der Waals surface area contributed by atoms with E-state index in [0.717, 1.165) is 17.2 Å². The van der Waals surface area contributed by atoms with Gasteiger partial charge in [-0.2, -0.15) is 5.26 Å². The molecule has 8 heteroatoms. The number of fused-ring (bicyclic) bond motifs is 2. The number of benzene rings is 3. The van der Waals surface area contributed by atoms with Crippen molar-refractivity contribution >= 4 is 28.5 Å². The lowest BCUT2D eigenvalue weighted by Gasteiger charge is -2.22. The number of halogens is 1. The van der Waals surface area contributed by atoms with E-state index in [2.05, 4.69) is 11.4 Å². The SMILES string of the molecule is Cc1c(N2Cc3ccc(C#N)cc3C2)oc2c(C(C)Nc3ccccc3C(=O)O)cc(F)cc2c1=O. The van der Waals surface area contributed by atoms with Crippen molar-refractivity contribution in [1.82, 2.24) is 0 Å². The summed E-state index contributed by atoms with van der Waals surface area (Å²) in [5.74, 6) is -1.30. The van der Waals surface area contributed by atoms with Crippen LogP contribution in [-0.2, 0) is 13.1 Å². The Hall–Kier alpha value is -4.64. The van der Waals surface area contributed by atoms with E-state index in [-0.39, 0.29) is 22.0 Å². The number of para-hydroxylation sites is 1. The van der Waals surface area contributed by atoms with Crippen LogP contribution in [0.4, 0.5) is 16.0 Å². The summed E-state index contributed by atoms with van der Waals surface area (Å²) >= 11 is 0. The topological polar surface area (TPSA) is 107 Å². The van der Waals surface area contributed by atoms with Crippen LogP contribution in [0, 0.1) is 24.1 Å². The normalized spacial score (nSPS) is 13.3. The summed E-state index contributed by atoms with van der Waals surface area (Å²) in [4.78, 5) is 26.9. The third-order valence-corrected chi connectivity index (χ3v) is 6.53. The van der Waals surface area contributed by atoms with E-state index in [0.29, 0.717) is 41.4 Å². The number of aromatic carboxylic acids is 1. The second-order valence-corrected chi connectivity index (χ2v) is 8.90. The zero-order valence-electron chi connectivity index (χ0n) is 19.6. The van der Waals surface area contributed by atoms with Gasteiger partial charge >= 0.3 is 5.97 Å². The maximum absolute atomic E-state index is 14.6. The molecule has 36 heavy (non-hydrogen) atoms. The van der Waals surface area contributed by atoms with Gasteiger partial charge in [0.15, 0.2) is 5.43 Å². The standard InChI is InChI=1S/C28H22FN3O4/c1-15-25(33)23-11-20(29)10-22(16(2)31-24-6-4-3-5-21(24)28(34)35)26(23)36-27(15)32-13-18-8-7-17(12-30)9-19(18)14-32/h3-11,16,31H,13-14H2,1-2H3,(H,34,35). The zero-order chi connectivity index (χ0) is 25.6. The van der Waals surface area contributed by atoms with Crippen molar-refractivity contribution in [3.8, 4) is 6.07 Å². The quantitative estimate of drug-likeness (QED) is 0.386. The molecule has 0 saturated carbocycles. The first-order valence-corrected chi connectivity index (χ1v) is 11.4. The fourth-order valence-electron chi connectivity index (χ4n) is 4.71. The molecule has 0 fully saturated rings. The molecule has 1 unspecified atom stereocenters. The molecule has 180 valence electrons. The van der Waals surface area contributed by atoms with Gasteiger partial charge in [-0.25, -0.2) is 9.18 Å². The second kappa shape index (κ2) is 8.86. The van der Waals surface area contributed by atoms with Crippen LogP contribution in [0.1, 0.15) is 51.1 Å². The highest BCUT2D eigenvalue weighted by molar-refractivity contribution is 5.94. The Bertz CT molecular complexity index is 1640. The number of carbonyl (C=O) groups is 1. The van der Waals surface area contributed by atoms with Gasteiger partial charge in [-0.1, -0.05) is 18.2 Å². The maximum atomic E-state index is 14.6. The minimum absolute atomic E-state index is 0.0783. The van der Waals surface area contributed by atoms with Crippen LogP contribution in [0.5, 0.6) is 0 Å². The molecule has 1 aliphatic heterocycles. The van der Waals surface area contributed by atoms with Gasteiger partial charge in [0.1, 0.15) is 11.4 Å². The van der Waals surface area contributed by atoms with Crippen LogP contribution in [-0.4, -0.2) is 11.1 Å². The largest absolute Gasteiger partial charge is 0.478 e. The summed E-state index contributed by atoms with van der Waals surface area (Å²) in [5.41, 5.74) is 3.69. The van der Waals surface area contributed by atoms with Crippen LogP contribution < -0.4 is 15.6 Å². The molecule has 1 aromatic heterocycles. The molecule has 0 radical (unpaired) electrons. The van der Waals surface area contributed by atoms with Gasteiger partial charge in [-0.15, -0.1) is 0 Å². The average Bonchev–Trinajstić information content (AvgIpc) is 3.29. The Morgan fingerprint density at radius 2 is 1.92 bits per heavy atom. The smallest absolute Gasteiger partial charge is 0.337 e. The van der Waals surface area contributed by atoms with Gasteiger partial charge in [0, 0.05) is 24.3 Å². The second-order valence-electron chi connectivity index (χ2n) is 8.90. The number of nitrogens with one attached hydrogen (secondary N) is 1. The van der Waals surface area contributed by atoms with Crippen molar-refractivity contribution < 1.29 is 18.7 Å².